The first kappa shape index (κ1) is 14.8. The summed E-state index contributed by atoms with van der Waals surface area (Å²) in [5.41, 5.74) is 1.06. The van der Waals surface area contributed by atoms with Gasteiger partial charge in [0.2, 0.25) is 0 Å². The highest BCUT2D eigenvalue weighted by molar-refractivity contribution is 9.10. The number of hydrogen-bond donors (Lipinski definition) is 1. The molecule has 0 radical (unpaired) electrons. The van der Waals surface area contributed by atoms with Crippen LogP contribution in [0.25, 0.3) is 0 Å². The fourth-order valence-electron chi connectivity index (χ4n) is 1.54. The highest BCUT2D eigenvalue weighted by Crippen LogP contribution is 2.31. The zero-order valence-electron chi connectivity index (χ0n) is 10.4. The van der Waals surface area contributed by atoms with Gasteiger partial charge < -0.3 is 10.1 Å². The third-order valence-corrected chi connectivity index (χ3v) is 3.10. The minimum atomic E-state index is 0.665. The highest BCUT2D eigenvalue weighted by Gasteiger charge is 2.06. The summed E-state index contributed by atoms with van der Waals surface area (Å²) in [5, 5.41) is 4.00. The van der Waals surface area contributed by atoms with E-state index in [2.05, 4.69) is 28.2 Å². The first-order valence-corrected chi connectivity index (χ1v) is 7.11. The first-order chi connectivity index (χ1) is 8.15. The first-order valence-electron chi connectivity index (χ1n) is 5.94. The van der Waals surface area contributed by atoms with Crippen molar-refractivity contribution in [1.29, 1.82) is 0 Å². The van der Waals surface area contributed by atoms with Crippen LogP contribution in [0.4, 0.5) is 0 Å². The average Bonchev–Trinajstić information content (AvgIpc) is 2.26. The second-order valence-electron chi connectivity index (χ2n) is 3.99. The van der Waals surface area contributed by atoms with Gasteiger partial charge in [-0.05, 0) is 50.6 Å². The molecule has 0 saturated heterocycles. The van der Waals surface area contributed by atoms with Crippen molar-refractivity contribution in [3.63, 3.8) is 0 Å². The summed E-state index contributed by atoms with van der Waals surface area (Å²) in [6.07, 6.45) is 2.16. The Morgan fingerprint density at radius 2 is 2.12 bits per heavy atom. The standard InChI is InChI=1S/C13H19BrClNO/c1-3-5-16-6-4-7-17-13-10(2)8-11(14)9-12(13)15/h8-9,16H,3-7H2,1-2H3. The van der Waals surface area contributed by atoms with Gasteiger partial charge in [-0.15, -0.1) is 0 Å². The molecule has 0 bridgehead atoms. The van der Waals surface area contributed by atoms with Crippen LogP contribution < -0.4 is 10.1 Å². The van der Waals surface area contributed by atoms with E-state index in [4.69, 9.17) is 16.3 Å². The maximum absolute atomic E-state index is 6.13. The Hall–Kier alpha value is -0.250. The molecule has 0 aromatic heterocycles. The number of aryl methyl sites for hydroxylation is 1. The monoisotopic (exact) mass is 319 g/mol. The van der Waals surface area contributed by atoms with E-state index in [-0.39, 0.29) is 0 Å². The molecular weight excluding hydrogens is 302 g/mol. The summed E-state index contributed by atoms with van der Waals surface area (Å²) in [6, 6.07) is 3.87. The predicted molar refractivity (Wildman–Crippen MR) is 77.2 cm³/mol. The highest BCUT2D eigenvalue weighted by atomic mass is 79.9. The van der Waals surface area contributed by atoms with Crippen molar-refractivity contribution in [2.45, 2.75) is 26.7 Å². The number of rotatable bonds is 7. The van der Waals surface area contributed by atoms with E-state index in [0.717, 1.165) is 35.3 Å². The third-order valence-electron chi connectivity index (χ3n) is 2.37. The Bertz CT molecular complexity index is 334. The predicted octanol–water partition coefficient (Wildman–Crippen LogP) is 4.18. The Morgan fingerprint density at radius 3 is 2.76 bits per heavy atom. The van der Waals surface area contributed by atoms with Crippen LogP contribution >= 0.6 is 27.5 Å². The minimum Gasteiger partial charge on any atom is -0.492 e. The summed E-state index contributed by atoms with van der Waals surface area (Å²) in [4.78, 5) is 0. The van der Waals surface area contributed by atoms with Crippen LogP contribution in [0.15, 0.2) is 16.6 Å². The quantitative estimate of drug-likeness (QED) is 0.761. The Balaban J connectivity index is 2.36. The summed E-state index contributed by atoms with van der Waals surface area (Å²) >= 11 is 9.53. The van der Waals surface area contributed by atoms with Crippen molar-refractivity contribution in [2.24, 2.45) is 0 Å². The fraction of sp³-hybridized carbons (Fsp3) is 0.538. The second kappa shape index (κ2) is 7.96. The normalized spacial score (nSPS) is 10.6. The van der Waals surface area contributed by atoms with Crippen LogP contribution in [0.5, 0.6) is 5.75 Å². The van der Waals surface area contributed by atoms with Gasteiger partial charge in [-0.3, -0.25) is 0 Å². The van der Waals surface area contributed by atoms with Crippen molar-refractivity contribution >= 4 is 27.5 Å². The molecule has 0 fully saturated rings. The van der Waals surface area contributed by atoms with Gasteiger partial charge >= 0.3 is 0 Å². The zero-order valence-corrected chi connectivity index (χ0v) is 12.7. The lowest BCUT2D eigenvalue weighted by Crippen LogP contribution is -2.18. The Morgan fingerprint density at radius 1 is 1.35 bits per heavy atom. The number of hydrogen-bond acceptors (Lipinski definition) is 2. The molecule has 0 spiro atoms. The van der Waals surface area contributed by atoms with Crippen LogP contribution in [-0.4, -0.2) is 19.7 Å². The fourth-order valence-corrected chi connectivity index (χ4v) is 2.57. The molecule has 96 valence electrons. The lowest BCUT2D eigenvalue weighted by molar-refractivity contribution is 0.306. The van der Waals surface area contributed by atoms with Gasteiger partial charge in [0.25, 0.3) is 0 Å². The van der Waals surface area contributed by atoms with Crippen molar-refractivity contribution in [3.8, 4) is 5.75 Å². The molecule has 1 rings (SSSR count). The van der Waals surface area contributed by atoms with Crippen LogP contribution in [0, 0.1) is 6.92 Å². The van der Waals surface area contributed by atoms with E-state index in [0.29, 0.717) is 11.6 Å². The molecule has 0 aliphatic rings. The van der Waals surface area contributed by atoms with E-state index < -0.39 is 0 Å². The molecule has 1 aromatic carbocycles. The number of benzene rings is 1. The van der Waals surface area contributed by atoms with E-state index in [1.807, 2.05) is 19.1 Å². The molecule has 0 amide bonds. The molecule has 0 atom stereocenters. The molecular formula is C13H19BrClNO. The Labute approximate surface area is 117 Å². The molecule has 0 aliphatic heterocycles. The van der Waals surface area contributed by atoms with Crippen LogP contribution in [0.3, 0.4) is 0 Å². The molecule has 0 aliphatic carbocycles. The van der Waals surface area contributed by atoms with Crippen molar-refractivity contribution in [3.05, 3.63) is 27.2 Å². The topological polar surface area (TPSA) is 21.3 Å². The summed E-state index contributed by atoms with van der Waals surface area (Å²) in [6.45, 7) is 6.91. The van der Waals surface area contributed by atoms with Gasteiger partial charge in [-0.2, -0.15) is 0 Å². The number of ether oxygens (including phenoxy) is 1. The van der Waals surface area contributed by atoms with Gasteiger partial charge in [-0.1, -0.05) is 34.5 Å². The van der Waals surface area contributed by atoms with Crippen molar-refractivity contribution in [1.82, 2.24) is 5.32 Å². The molecule has 1 N–H and O–H groups in total. The Kier molecular flexibility index (Phi) is 6.93. The smallest absolute Gasteiger partial charge is 0.140 e. The third kappa shape index (κ3) is 5.28. The molecule has 0 unspecified atom stereocenters. The van der Waals surface area contributed by atoms with Gasteiger partial charge in [-0.25, -0.2) is 0 Å². The van der Waals surface area contributed by atoms with E-state index >= 15 is 0 Å². The maximum atomic E-state index is 6.13. The lowest BCUT2D eigenvalue weighted by atomic mass is 10.2. The summed E-state index contributed by atoms with van der Waals surface area (Å²) in [5.74, 6) is 0.797. The second-order valence-corrected chi connectivity index (χ2v) is 5.31. The molecule has 0 heterocycles. The zero-order chi connectivity index (χ0) is 12.7. The van der Waals surface area contributed by atoms with Crippen molar-refractivity contribution < 1.29 is 4.74 Å². The number of nitrogens with one attached hydrogen (secondary N) is 1. The van der Waals surface area contributed by atoms with E-state index in [1.54, 1.807) is 0 Å². The van der Waals surface area contributed by atoms with E-state index in [9.17, 15) is 0 Å². The molecule has 4 heteroatoms. The average molecular weight is 321 g/mol. The molecule has 1 aromatic rings. The van der Waals surface area contributed by atoms with Gasteiger partial charge in [0.15, 0.2) is 0 Å². The van der Waals surface area contributed by atoms with Crippen LogP contribution in [0.1, 0.15) is 25.3 Å². The molecule has 17 heavy (non-hydrogen) atoms. The largest absolute Gasteiger partial charge is 0.492 e. The van der Waals surface area contributed by atoms with Crippen LogP contribution in [0.2, 0.25) is 5.02 Å². The number of halogens is 2. The summed E-state index contributed by atoms with van der Waals surface area (Å²) < 4.78 is 6.69. The van der Waals surface area contributed by atoms with Crippen molar-refractivity contribution in [2.75, 3.05) is 19.7 Å². The molecule has 2 nitrogen and oxygen atoms in total. The molecule has 0 saturated carbocycles. The van der Waals surface area contributed by atoms with E-state index in [1.165, 1.54) is 6.42 Å². The SMILES string of the molecule is CCCNCCCOc1c(C)cc(Br)cc1Cl. The van der Waals surface area contributed by atoms with Gasteiger partial charge in [0.05, 0.1) is 11.6 Å². The van der Waals surface area contributed by atoms with Crippen LogP contribution in [-0.2, 0) is 0 Å². The van der Waals surface area contributed by atoms with Gasteiger partial charge in [0.1, 0.15) is 5.75 Å². The minimum absolute atomic E-state index is 0.665. The van der Waals surface area contributed by atoms with Gasteiger partial charge in [0, 0.05) is 4.47 Å². The maximum Gasteiger partial charge on any atom is 0.140 e. The summed E-state index contributed by atoms with van der Waals surface area (Å²) in [7, 11) is 0. The lowest BCUT2D eigenvalue weighted by Gasteiger charge is -2.11.